The Morgan fingerprint density at radius 2 is 2.25 bits per heavy atom. The van der Waals surface area contributed by atoms with Crippen LogP contribution in [-0.2, 0) is 4.74 Å². The molecule has 0 amide bonds. The molecule has 4 heteroatoms. The number of rotatable bonds is 1. The first-order chi connectivity index (χ1) is 7.72. The number of methoxy groups -OCH3 is 1. The summed E-state index contributed by atoms with van der Waals surface area (Å²) in [7, 11) is 1.27. The molecule has 0 radical (unpaired) electrons. The normalized spacial score (nSPS) is 9.75. The van der Waals surface area contributed by atoms with Gasteiger partial charge in [0.2, 0.25) is 0 Å². The first-order valence-electron chi connectivity index (χ1n) is 4.49. The third kappa shape index (κ3) is 2.00. The predicted octanol–water partition coefficient (Wildman–Crippen LogP) is 3.03. The molecule has 0 N–H and O–H groups in total. The maximum atomic E-state index is 10.9. The van der Waals surface area contributed by atoms with Crippen LogP contribution in [-0.4, -0.2) is 13.3 Å². The Bertz CT molecular complexity index is 577. The molecule has 2 aromatic rings. The number of hydrogen-bond donors (Lipinski definition) is 0. The lowest BCUT2D eigenvalue weighted by Crippen LogP contribution is -2.05. The van der Waals surface area contributed by atoms with Crippen molar-refractivity contribution in [1.29, 1.82) is 0 Å². The summed E-state index contributed by atoms with van der Waals surface area (Å²) in [6.45, 7) is 0. The second-order valence-corrected chi connectivity index (χ2v) is 4.06. The molecule has 0 saturated carbocycles. The Hall–Kier alpha value is -1.99. The third-order valence-electron chi connectivity index (χ3n) is 2.01. The lowest BCUT2D eigenvalue weighted by molar-refractivity contribution is 0.123. The Labute approximate surface area is 96.6 Å². The molecule has 16 heavy (non-hydrogen) atoms. The van der Waals surface area contributed by atoms with E-state index in [-0.39, 0.29) is 0 Å². The monoisotopic (exact) mass is 232 g/mol. The van der Waals surface area contributed by atoms with Crippen molar-refractivity contribution in [2.45, 2.75) is 0 Å². The number of carbonyl (C=O) groups is 1. The molecule has 0 fully saturated rings. The van der Waals surface area contributed by atoms with Crippen LogP contribution in [0.25, 0.3) is 10.1 Å². The topological polar surface area (TPSA) is 35.5 Å². The smallest absolute Gasteiger partial charge is 0.437 e. The highest BCUT2D eigenvalue weighted by molar-refractivity contribution is 7.20. The summed E-state index contributed by atoms with van der Waals surface area (Å²) in [6, 6.07) is 7.39. The summed E-state index contributed by atoms with van der Waals surface area (Å²) >= 11 is 1.35. The molecular formula is C12H8O3S. The van der Waals surface area contributed by atoms with Gasteiger partial charge in [-0.15, -0.1) is 6.42 Å². The van der Waals surface area contributed by atoms with Crippen LogP contribution < -0.4 is 4.74 Å². The zero-order valence-corrected chi connectivity index (χ0v) is 9.34. The second kappa shape index (κ2) is 4.25. The first kappa shape index (κ1) is 10.5. The number of thiophene rings is 1. The Kier molecular flexibility index (Phi) is 2.80. The molecular weight excluding hydrogens is 224 g/mol. The minimum Gasteiger partial charge on any atom is -0.437 e. The summed E-state index contributed by atoms with van der Waals surface area (Å²) in [5.74, 6) is 2.55. The van der Waals surface area contributed by atoms with Crippen molar-refractivity contribution in [3.63, 3.8) is 0 Å². The van der Waals surface area contributed by atoms with Crippen LogP contribution in [0.4, 0.5) is 4.79 Å². The third-order valence-corrected chi connectivity index (χ3v) is 2.99. The number of fused-ring (bicyclic) bond motifs is 1. The first-order valence-corrected chi connectivity index (χ1v) is 5.30. The van der Waals surface area contributed by atoms with Crippen LogP contribution >= 0.6 is 11.3 Å². The van der Waals surface area contributed by atoms with Crippen LogP contribution in [0.15, 0.2) is 24.3 Å². The standard InChI is InChI=1S/C12H8O3S/c1-3-8-4-5-9-7-11(15-12(13)14-2)16-10(9)6-8/h1,4-7H,2H3. The van der Waals surface area contributed by atoms with Crippen molar-refractivity contribution in [1.82, 2.24) is 0 Å². The second-order valence-electron chi connectivity index (χ2n) is 3.02. The van der Waals surface area contributed by atoms with Crippen LogP contribution in [0.5, 0.6) is 5.06 Å². The molecule has 0 atom stereocenters. The summed E-state index contributed by atoms with van der Waals surface area (Å²) in [4.78, 5) is 10.9. The van der Waals surface area contributed by atoms with E-state index in [1.807, 2.05) is 18.2 Å². The summed E-state index contributed by atoms with van der Waals surface area (Å²) < 4.78 is 10.3. The molecule has 0 aliphatic carbocycles. The van der Waals surface area contributed by atoms with Gasteiger partial charge in [-0.1, -0.05) is 23.3 Å². The number of terminal acetylenes is 1. The average Bonchev–Trinajstić information content (AvgIpc) is 2.69. The van der Waals surface area contributed by atoms with Gasteiger partial charge < -0.3 is 9.47 Å². The van der Waals surface area contributed by atoms with Gasteiger partial charge in [0.25, 0.3) is 0 Å². The molecule has 0 unspecified atom stereocenters. The SMILES string of the molecule is C#Cc1ccc2cc(OC(=O)OC)sc2c1. The van der Waals surface area contributed by atoms with Gasteiger partial charge in [-0.3, -0.25) is 0 Å². The van der Waals surface area contributed by atoms with Crippen LogP contribution in [0.2, 0.25) is 0 Å². The fraction of sp³-hybridized carbons (Fsp3) is 0.0833. The summed E-state index contributed by atoms with van der Waals surface area (Å²) in [6.07, 6.45) is 4.58. The fourth-order valence-electron chi connectivity index (χ4n) is 1.27. The molecule has 80 valence electrons. The fourth-order valence-corrected chi connectivity index (χ4v) is 2.21. The van der Waals surface area contributed by atoms with E-state index in [1.54, 1.807) is 6.07 Å². The van der Waals surface area contributed by atoms with Crippen molar-refractivity contribution >= 4 is 27.6 Å². The zero-order chi connectivity index (χ0) is 11.5. The molecule has 0 spiro atoms. The van der Waals surface area contributed by atoms with Crippen molar-refractivity contribution in [2.75, 3.05) is 7.11 Å². The highest BCUT2D eigenvalue weighted by Crippen LogP contribution is 2.32. The Morgan fingerprint density at radius 1 is 1.44 bits per heavy atom. The molecule has 0 aliphatic rings. The summed E-state index contributed by atoms with van der Waals surface area (Å²) in [5.41, 5.74) is 0.805. The average molecular weight is 232 g/mol. The Balaban J connectivity index is 2.37. The number of benzene rings is 1. The minimum absolute atomic E-state index is 0.496. The maximum Gasteiger partial charge on any atom is 0.514 e. The quantitative estimate of drug-likeness (QED) is 0.560. The zero-order valence-electron chi connectivity index (χ0n) is 8.52. The van der Waals surface area contributed by atoms with E-state index in [9.17, 15) is 4.79 Å². The molecule has 2 rings (SSSR count). The van der Waals surface area contributed by atoms with E-state index in [2.05, 4.69) is 10.7 Å². The molecule has 1 heterocycles. The van der Waals surface area contributed by atoms with Gasteiger partial charge in [0.1, 0.15) is 0 Å². The van der Waals surface area contributed by atoms with Gasteiger partial charge in [0.15, 0.2) is 5.06 Å². The maximum absolute atomic E-state index is 10.9. The van der Waals surface area contributed by atoms with Crippen molar-refractivity contribution in [3.8, 4) is 17.4 Å². The van der Waals surface area contributed by atoms with Crippen molar-refractivity contribution in [2.24, 2.45) is 0 Å². The molecule has 0 saturated heterocycles. The predicted molar refractivity (Wildman–Crippen MR) is 62.8 cm³/mol. The molecule has 1 aromatic heterocycles. The van der Waals surface area contributed by atoms with E-state index in [1.165, 1.54) is 18.4 Å². The number of ether oxygens (including phenoxy) is 2. The van der Waals surface area contributed by atoms with Crippen molar-refractivity contribution < 1.29 is 14.3 Å². The lowest BCUT2D eigenvalue weighted by atomic mass is 10.2. The van der Waals surface area contributed by atoms with Crippen LogP contribution in [0.1, 0.15) is 5.56 Å². The molecule has 0 bridgehead atoms. The van der Waals surface area contributed by atoms with Crippen molar-refractivity contribution in [3.05, 3.63) is 29.8 Å². The largest absolute Gasteiger partial charge is 0.514 e. The van der Waals surface area contributed by atoms with Gasteiger partial charge >= 0.3 is 6.16 Å². The highest BCUT2D eigenvalue weighted by Gasteiger charge is 2.08. The number of hydrogen-bond acceptors (Lipinski definition) is 4. The lowest BCUT2D eigenvalue weighted by Gasteiger charge is -1.96. The van der Waals surface area contributed by atoms with Gasteiger partial charge in [-0.2, -0.15) is 0 Å². The van der Waals surface area contributed by atoms with E-state index < -0.39 is 6.16 Å². The van der Waals surface area contributed by atoms with Crippen LogP contribution in [0, 0.1) is 12.3 Å². The van der Waals surface area contributed by atoms with Crippen LogP contribution in [0.3, 0.4) is 0 Å². The molecule has 0 aliphatic heterocycles. The minimum atomic E-state index is -0.719. The van der Waals surface area contributed by atoms with Gasteiger partial charge in [-0.05, 0) is 17.5 Å². The highest BCUT2D eigenvalue weighted by atomic mass is 32.1. The molecule has 1 aromatic carbocycles. The van der Waals surface area contributed by atoms with E-state index >= 15 is 0 Å². The van der Waals surface area contributed by atoms with Gasteiger partial charge in [0, 0.05) is 16.3 Å². The Morgan fingerprint density at radius 3 is 2.94 bits per heavy atom. The number of carbonyl (C=O) groups excluding carboxylic acids is 1. The molecule has 3 nitrogen and oxygen atoms in total. The van der Waals surface area contributed by atoms with Gasteiger partial charge in [0.05, 0.1) is 7.11 Å². The van der Waals surface area contributed by atoms with E-state index in [4.69, 9.17) is 11.2 Å². The summed E-state index contributed by atoms with van der Waals surface area (Å²) in [5, 5.41) is 1.49. The van der Waals surface area contributed by atoms with E-state index in [0.717, 1.165) is 15.6 Å². The van der Waals surface area contributed by atoms with Gasteiger partial charge in [-0.25, -0.2) is 4.79 Å². The van der Waals surface area contributed by atoms with E-state index in [0.29, 0.717) is 5.06 Å².